The van der Waals surface area contributed by atoms with E-state index in [9.17, 15) is 9.59 Å². The molecule has 2 N–H and O–H groups in total. The van der Waals surface area contributed by atoms with Crippen LogP contribution in [-0.2, 0) is 9.59 Å². The first-order valence-electron chi connectivity index (χ1n) is 10.1. The summed E-state index contributed by atoms with van der Waals surface area (Å²) in [6.07, 6.45) is 1.75. The van der Waals surface area contributed by atoms with E-state index in [1.165, 1.54) is 11.1 Å². The van der Waals surface area contributed by atoms with E-state index >= 15 is 0 Å². The van der Waals surface area contributed by atoms with E-state index in [4.69, 9.17) is 0 Å². The second-order valence-electron chi connectivity index (χ2n) is 7.59. The number of likely N-dealkylation sites (tertiary alicyclic amines) is 1. The molecule has 154 valence electrons. The molecular formula is C23H29N3O2S. The molecule has 0 saturated carbocycles. The maximum atomic E-state index is 12.3. The van der Waals surface area contributed by atoms with Crippen molar-refractivity contribution >= 4 is 29.3 Å². The zero-order valence-electron chi connectivity index (χ0n) is 17.1. The predicted octanol–water partition coefficient (Wildman–Crippen LogP) is 3.61. The maximum absolute atomic E-state index is 12.3. The van der Waals surface area contributed by atoms with Crippen molar-refractivity contribution in [2.75, 3.05) is 30.7 Å². The number of nitrogens with zero attached hydrogens (tertiary/aromatic N) is 1. The van der Waals surface area contributed by atoms with Gasteiger partial charge in [0, 0.05) is 29.7 Å². The Labute approximate surface area is 177 Å². The van der Waals surface area contributed by atoms with Crippen molar-refractivity contribution in [3.8, 4) is 0 Å². The van der Waals surface area contributed by atoms with E-state index in [2.05, 4.69) is 47.6 Å². The van der Waals surface area contributed by atoms with Crippen LogP contribution in [0.2, 0.25) is 0 Å². The van der Waals surface area contributed by atoms with Gasteiger partial charge in [-0.25, -0.2) is 0 Å². The number of amides is 2. The summed E-state index contributed by atoms with van der Waals surface area (Å²) in [4.78, 5) is 27.8. The monoisotopic (exact) mass is 411 g/mol. The molecule has 0 aliphatic carbocycles. The highest BCUT2D eigenvalue weighted by atomic mass is 32.2. The lowest BCUT2D eigenvalue weighted by Crippen LogP contribution is -2.47. The Morgan fingerprint density at radius 2 is 1.76 bits per heavy atom. The van der Waals surface area contributed by atoms with Gasteiger partial charge in [-0.05, 0) is 50.5 Å². The number of nitrogens with one attached hydrogen (secondary N) is 2. The standard InChI is InChI=1S/C23H29N3O2S/c1-17-8-9-21(18(2)14-17)29-16-23(28)25-20-10-12-26(13-11-20)15-22(27)24-19-6-4-3-5-7-19/h3-9,14,20H,10-13,15-16H2,1-2H3,(H,24,27)(H,25,28). The van der Waals surface area contributed by atoms with Crippen LogP contribution >= 0.6 is 11.8 Å². The van der Waals surface area contributed by atoms with Gasteiger partial charge in [-0.15, -0.1) is 11.8 Å². The molecule has 1 saturated heterocycles. The van der Waals surface area contributed by atoms with Crippen LogP contribution in [0.5, 0.6) is 0 Å². The lowest BCUT2D eigenvalue weighted by molar-refractivity contribution is -0.120. The van der Waals surface area contributed by atoms with Crippen molar-refractivity contribution in [1.29, 1.82) is 0 Å². The number of aryl methyl sites for hydroxylation is 2. The van der Waals surface area contributed by atoms with Crippen molar-refractivity contribution in [3.63, 3.8) is 0 Å². The first-order valence-corrected chi connectivity index (χ1v) is 11.0. The van der Waals surface area contributed by atoms with Crippen LogP contribution in [0.3, 0.4) is 0 Å². The third kappa shape index (κ3) is 6.91. The molecule has 1 fully saturated rings. The van der Waals surface area contributed by atoms with Crippen LogP contribution in [0.4, 0.5) is 5.69 Å². The molecule has 0 aromatic heterocycles. The molecule has 0 bridgehead atoms. The molecule has 2 amide bonds. The smallest absolute Gasteiger partial charge is 0.238 e. The fourth-order valence-corrected chi connectivity index (χ4v) is 4.36. The lowest BCUT2D eigenvalue weighted by atomic mass is 10.1. The van der Waals surface area contributed by atoms with Crippen molar-refractivity contribution in [3.05, 3.63) is 59.7 Å². The average Bonchev–Trinajstić information content (AvgIpc) is 2.69. The fourth-order valence-electron chi connectivity index (χ4n) is 3.53. The van der Waals surface area contributed by atoms with E-state index in [1.807, 2.05) is 30.3 Å². The highest BCUT2D eigenvalue weighted by Crippen LogP contribution is 2.23. The Bertz CT molecular complexity index is 833. The molecule has 0 atom stereocenters. The van der Waals surface area contributed by atoms with Gasteiger partial charge in [-0.1, -0.05) is 35.9 Å². The Morgan fingerprint density at radius 1 is 1.03 bits per heavy atom. The topological polar surface area (TPSA) is 61.4 Å². The van der Waals surface area contributed by atoms with Gasteiger partial charge in [0.2, 0.25) is 11.8 Å². The lowest BCUT2D eigenvalue weighted by Gasteiger charge is -2.31. The quantitative estimate of drug-likeness (QED) is 0.683. The number of hydrogen-bond donors (Lipinski definition) is 2. The third-order valence-corrected chi connectivity index (χ3v) is 6.24. The van der Waals surface area contributed by atoms with Crippen LogP contribution in [0.25, 0.3) is 0 Å². The summed E-state index contributed by atoms with van der Waals surface area (Å²) in [5.74, 6) is 0.516. The summed E-state index contributed by atoms with van der Waals surface area (Å²) < 4.78 is 0. The second kappa shape index (κ2) is 10.5. The molecule has 6 heteroatoms. The molecular weight excluding hydrogens is 382 g/mol. The molecule has 2 aromatic carbocycles. The molecule has 5 nitrogen and oxygen atoms in total. The van der Waals surface area contributed by atoms with Crippen LogP contribution in [0.15, 0.2) is 53.4 Å². The minimum atomic E-state index is 0.00329. The van der Waals surface area contributed by atoms with Crippen molar-refractivity contribution in [2.24, 2.45) is 0 Å². The van der Waals surface area contributed by atoms with E-state index in [-0.39, 0.29) is 17.9 Å². The first kappa shape index (κ1) is 21.4. The molecule has 2 aromatic rings. The number of benzene rings is 2. The summed E-state index contributed by atoms with van der Waals surface area (Å²) in [6.45, 7) is 6.18. The molecule has 0 spiro atoms. The van der Waals surface area contributed by atoms with Gasteiger partial charge < -0.3 is 10.6 Å². The summed E-state index contributed by atoms with van der Waals surface area (Å²) in [6, 6.07) is 16.0. The Morgan fingerprint density at radius 3 is 2.45 bits per heavy atom. The summed E-state index contributed by atoms with van der Waals surface area (Å²) >= 11 is 1.59. The Balaban J connectivity index is 1.35. The normalized spacial score (nSPS) is 15.1. The van der Waals surface area contributed by atoms with Gasteiger partial charge in [0.1, 0.15) is 0 Å². The first-order chi connectivity index (χ1) is 14.0. The molecule has 1 aliphatic heterocycles. The van der Waals surface area contributed by atoms with E-state index in [0.29, 0.717) is 12.3 Å². The molecule has 0 radical (unpaired) electrons. The number of rotatable bonds is 7. The van der Waals surface area contributed by atoms with Gasteiger partial charge >= 0.3 is 0 Å². The average molecular weight is 412 g/mol. The van der Waals surface area contributed by atoms with Crippen LogP contribution in [-0.4, -0.2) is 48.1 Å². The zero-order chi connectivity index (χ0) is 20.6. The third-order valence-electron chi connectivity index (χ3n) is 5.07. The van der Waals surface area contributed by atoms with Gasteiger partial charge in [-0.2, -0.15) is 0 Å². The van der Waals surface area contributed by atoms with E-state index < -0.39 is 0 Å². The predicted molar refractivity (Wildman–Crippen MR) is 119 cm³/mol. The zero-order valence-corrected chi connectivity index (χ0v) is 17.9. The number of carbonyl (C=O) groups excluding carboxylic acids is 2. The Kier molecular flexibility index (Phi) is 7.72. The molecule has 29 heavy (non-hydrogen) atoms. The SMILES string of the molecule is Cc1ccc(SCC(=O)NC2CCN(CC(=O)Nc3ccccc3)CC2)c(C)c1. The number of piperidine rings is 1. The van der Waals surface area contributed by atoms with Crippen LogP contribution in [0.1, 0.15) is 24.0 Å². The Hall–Kier alpha value is -2.31. The summed E-state index contributed by atoms with van der Waals surface area (Å²) in [5, 5.41) is 6.07. The largest absolute Gasteiger partial charge is 0.353 e. The molecule has 3 rings (SSSR count). The van der Waals surface area contributed by atoms with Gasteiger partial charge in [0.15, 0.2) is 0 Å². The van der Waals surface area contributed by atoms with Gasteiger partial charge in [0.25, 0.3) is 0 Å². The highest BCUT2D eigenvalue weighted by molar-refractivity contribution is 8.00. The molecule has 1 heterocycles. The highest BCUT2D eigenvalue weighted by Gasteiger charge is 2.22. The van der Waals surface area contributed by atoms with E-state index in [1.54, 1.807) is 11.8 Å². The van der Waals surface area contributed by atoms with Crippen LogP contribution in [0, 0.1) is 13.8 Å². The summed E-state index contributed by atoms with van der Waals surface area (Å²) in [7, 11) is 0. The van der Waals surface area contributed by atoms with Crippen molar-refractivity contribution in [1.82, 2.24) is 10.2 Å². The number of hydrogen-bond acceptors (Lipinski definition) is 4. The molecule has 1 aliphatic rings. The van der Waals surface area contributed by atoms with Crippen LogP contribution < -0.4 is 10.6 Å². The van der Waals surface area contributed by atoms with Crippen molar-refractivity contribution in [2.45, 2.75) is 37.6 Å². The fraction of sp³-hybridized carbons (Fsp3) is 0.391. The number of anilines is 1. The maximum Gasteiger partial charge on any atom is 0.238 e. The van der Waals surface area contributed by atoms with Gasteiger partial charge in [0.05, 0.1) is 12.3 Å². The van der Waals surface area contributed by atoms with Crippen molar-refractivity contribution < 1.29 is 9.59 Å². The minimum Gasteiger partial charge on any atom is -0.353 e. The molecule has 0 unspecified atom stereocenters. The minimum absolute atomic E-state index is 0.00329. The number of thioether (sulfide) groups is 1. The van der Waals surface area contributed by atoms with Gasteiger partial charge in [-0.3, -0.25) is 14.5 Å². The second-order valence-corrected chi connectivity index (χ2v) is 8.61. The summed E-state index contributed by atoms with van der Waals surface area (Å²) in [5.41, 5.74) is 3.27. The van der Waals surface area contributed by atoms with E-state index in [0.717, 1.165) is 36.5 Å². The number of para-hydroxylation sites is 1. The number of carbonyl (C=O) groups is 2.